The zero-order chi connectivity index (χ0) is 15.2. The number of hydrogen-bond donors (Lipinski definition) is 0. The normalized spacial score (nSPS) is 25.5. The van der Waals surface area contributed by atoms with Crippen molar-refractivity contribution in [2.45, 2.75) is 38.1 Å². The van der Waals surface area contributed by atoms with Gasteiger partial charge >= 0.3 is 5.97 Å². The van der Waals surface area contributed by atoms with E-state index >= 15 is 0 Å². The molecule has 2 fully saturated rings. The van der Waals surface area contributed by atoms with Crippen LogP contribution < -0.4 is 4.74 Å². The summed E-state index contributed by atoms with van der Waals surface area (Å²) in [7, 11) is 0. The lowest BCUT2D eigenvalue weighted by atomic mass is 9.84. The van der Waals surface area contributed by atoms with Crippen LogP contribution in [-0.2, 0) is 9.53 Å². The van der Waals surface area contributed by atoms with Crippen molar-refractivity contribution >= 4 is 5.97 Å². The highest BCUT2D eigenvalue weighted by molar-refractivity contribution is 5.73. The van der Waals surface area contributed by atoms with Crippen molar-refractivity contribution in [3.05, 3.63) is 30.3 Å². The number of benzene rings is 1. The summed E-state index contributed by atoms with van der Waals surface area (Å²) in [5.74, 6) is 0.827. The van der Waals surface area contributed by atoms with E-state index in [1.54, 1.807) is 12.1 Å². The molecule has 2 saturated heterocycles. The number of nitrogens with zero attached hydrogens (tertiary/aromatic N) is 1. The molecule has 0 bridgehead atoms. The molecule has 0 radical (unpaired) electrons. The van der Waals surface area contributed by atoms with Gasteiger partial charge < -0.3 is 14.4 Å². The van der Waals surface area contributed by atoms with Crippen molar-refractivity contribution in [2.75, 3.05) is 26.3 Å². The number of carbonyl (C=O) groups excluding carboxylic acids is 1. The van der Waals surface area contributed by atoms with Crippen molar-refractivity contribution in [1.82, 2.24) is 4.90 Å². The van der Waals surface area contributed by atoms with Gasteiger partial charge in [-0.05, 0) is 56.8 Å². The van der Waals surface area contributed by atoms with Gasteiger partial charge in [0.05, 0.1) is 6.61 Å². The molecule has 0 spiro atoms. The monoisotopic (exact) mass is 303 g/mol. The van der Waals surface area contributed by atoms with E-state index in [-0.39, 0.29) is 12.6 Å². The van der Waals surface area contributed by atoms with Crippen LogP contribution in [0, 0.1) is 5.92 Å². The van der Waals surface area contributed by atoms with E-state index < -0.39 is 0 Å². The van der Waals surface area contributed by atoms with E-state index in [4.69, 9.17) is 9.47 Å². The summed E-state index contributed by atoms with van der Waals surface area (Å²) < 4.78 is 10.9. The smallest absolute Gasteiger partial charge is 0.337 e. The third kappa shape index (κ3) is 4.08. The molecule has 3 rings (SSSR count). The summed E-state index contributed by atoms with van der Waals surface area (Å²) in [5, 5.41) is 0. The van der Waals surface area contributed by atoms with Crippen molar-refractivity contribution in [3.63, 3.8) is 0 Å². The number of esters is 1. The minimum atomic E-state index is -0.317. The van der Waals surface area contributed by atoms with Gasteiger partial charge in [0.1, 0.15) is 12.4 Å². The quantitative estimate of drug-likeness (QED) is 0.619. The lowest BCUT2D eigenvalue weighted by Crippen LogP contribution is -2.49. The molecule has 0 aromatic heterocycles. The Balaban J connectivity index is 1.41. The highest BCUT2D eigenvalue weighted by Gasteiger charge is 2.32. The summed E-state index contributed by atoms with van der Waals surface area (Å²) in [6.45, 7) is 3.18. The van der Waals surface area contributed by atoms with Gasteiger partial charge in [0, 0.05) is 6.04 Å². The molecule has 2 atom stereocenters. The Morgan fingerprint density at radius 3 is 2.77 bits per heavy atom. The van der Waals surface area contributed by atoms with E-state index in [1.165, 1.54) is 45.2 Å². The topological polar surface area (TPSA) is 38.8 Å². The Morgan fingerprint density at radius 1 is 1.09 bits per heavy atom. The van der Waals surface area contributed by atoms with Crippen LogP contribution in [0.3, 0.4) is 0 Å². The number of fused-ring (bicyclic) bond motifs is 1. The van der Waals surface area contributed by atoms with Crippen LogP contribution >= 0.6 is 0 Å². The summed E-state index contributed by atoms with van der Waals surface area (Å²) in [4.78, 5) is 14.4. The van der Waals surface area contributed by atoms with Crippen LogP contribution in [0.2, 0.25) is 0 Å². The van der Waals surface area contributed by atoms with Crippen molar-refractivity contribution in [1.29, 1.82) is 0 Å². The molecule has 22 heavy (non-hydrogen) atoms. The first-order chi connectivity index (χ1) is 10.8. The van der Waals surface area contributed by atoms with E-state index in [0.29, 0.717) is 24.3 Å². The molecule has 2 aliphatic rings. The van der Waals surface area contributed by atoms with Gasteiger partial charge in [-0.2, -0.15) is 0 Å². The summed E-state index contributed by atoms with van der Waals surface area (Å²) >= 11 is 0. The molecule has 4 heteroatoms. The molecule has 1 aromatic rings. The zero-order valence-corrected chi connectivity index (χ0v) is 13.1. The second-order valence-electron chi connectivity index (χ2n) is 6.30. The molecule has 2 heterocycles. The van der Waals surface area contributed by atoms with Crippen LogP contribution in [-0.4, -0.2) is 43.2 Å². The molecular weight excluding hydrogens is 278 g/mol. The van der Waals surface area contributed by atoms with Gasteiger partial charge in [0.15, 0.2) is 0 Å². The minimum absolute atomic E-state index is 0.0398. The van der Waals surface area contributed by atoms with Crippen LogP contribution in [0.4, 0.5) is 0 Å². The number of ether oxygens (including phenoxy) is 2. The maximum atomic E-state index is 11.8. The lowest BCUT2D eigenvalue weighted by molar-refractivity contribution is -0.140. The largest absolute Gasteiger partial charge is 0.425 e. The predicted molar refractivity (Wildman–Crippen MR) is 84.8 cm³/mol. The maximum absolute atomic E-state index is 11.8. The summed E-state index contributed by atoms with van der Waals surface area (Å²) in [5.41, 5.74) is 0. The number of rotatable bonds is 5. The predicted octanol–water partition coefficient (Wildman–Crippen LogP) is 2.87. The van der Waals surface area contributed by atoms with Crippen molar-refractivity contribution < 1.29 is 14.3 Å². The van der Waals surface area contributed by atoms with E-state index in [1.807, 2.05) is 18.2 Å². The molecule has 1 aromatic carbocycles. The SMILES string of the molecule is O=C(COC[C@H]1CCCN2CCCC[C@H]12)Oc1ccccc1. The molecule has 120 valence electrons. The highest BCUT2D eigenvalue weighted by Crippen LogP contribution is 2.30. The van der Waals surface area contributed by atoms with Crippen LogP contribution in [0.15, 0.2) is 30.3 Å². The number of para-hydroxylation sites is 1. The van der Waals surface area contributed by atoms with Gasteiger partial charge in [0.2, 0.25) is 0 Å². The third-order valence-electron chi connectivity index (χ3n) is 4.76. The van der Waals surface area contributed by atoms with Gasteiger partial charge in [-0.1, -0.05) is 24.6 Å². The molecule has 0 N–H and O–H groups in total. The second-order valence-corrected chi connectivity index (χ2v) is 6.30. The van der Waals surface area contributed by atoms with Crippen molar-refractivity contribution in [3.8, 4) is 5.75 Å². The first-order valence-electron chi connectivity index (χ1n) is 8.40. The number of hydrogen-bond acceptors (Lipinski definition) is 4. The Morgan fingerprint density at radius 2 is 1.91 bits per heavy atom. The molecule has 2 aliphatic heterocycles. The molecule has 4 nitrogen and oxygen atoms in total. The summed E-state index contributed by atoms with van der Waals surface area (Å²) in [6.07, 6.45) is 6.40. The Hall–Kier alpha value is -1.39. The third-order valence-corrected chi connectivity index (χ3v) is 4.76. The van der Waals surface area contributed by atoms with Gasteiger partial charge in [-0.3, -0.25) is 0 Å². The fourth-order valence-corrected chi connectivity index (χ4v) is 3.71. The molecule has 0 unspecified atom stereocenters. The van der Waals surface area contributed by atoms with Crippen LogP contribution in [0.1, 0.15) is 32.1 Å². The lowest BCUT2D eigenvalue weighted by Gasteiger charge is -2.44. The van der Waals surface area contributed by atoms with Crippen LogP contribution in [0.5, 0.6) is 5.75 Å². The standard InChI is InChI=1S/C18H25NO3/c20-18(22-16-8-2-1-3-9-16)14-21-13-15-7-6-12-19-11-5-4-10-17(15)19/h1-3,8-9,15,17H,4-7,10-14H2/t15-,17-/m1/s1. The Kier molecular flexibility index (Phi) is 5.46. The highest BCUT2D eigenvalue weighted by atomic mass is 16.6. The van der Waals surface area contributed by atoms with Gasteiger partial charge in [-0.25, -0.2) is 4.79 Å². The molecule has 0 saturated carbocycles. The zero-order valence-electron chi connectivity index (χ0n) is 13.1. The van der Waals surface area contributed by atoms with E-state index in [0.717, 1.165) is 0 Å². The van der Waals surface area contributed by atoms with E-state index in [2.05, 4.69) is 4.90 Å². The first kappa shape index (κ1) is 15.5. The Bertz CT molecular complexity index is 474. The molecular formula is C18H25NO3. The molecule has 0 amide bonds. The second kappa shape index (κ2) is 7.75. The molecule has 0 aliphatic carbocycles. The minimum Gasteiger partial charge on any atom is -0.425 e. The average Bonchev–Trinajstić information content (AvgIpc) is 2.56. The number of piperidine rings is 2. The number of carbonyl (C=O) groups is 1. The fourth-order valence-electron chi connectivity index (χ4n) is 3.71. The van der Waals surface area contributed by atoms with Gasteiger partial charge in [0.25, 0.3) is 0 Å². The first-order valence-corrected chi connectivity index (χ1v) is 8.40. The van der Waals surface area contributed by atoms with Gasteiger partial charge in [-0.15, -0.1) is 0 Å². The summed E-state index contributed by atoms with van der Waals surface area (Å²) in [6, 6.07) is 9.81. The van der Waals surface area contributed by atoms with Crippen LogP contribution in [0.25, 0.3) is 0 Å². The van der Waals surface area contributed by atoms with Crippen molar-refractivity contribution in [2.24, 2.45) is 5.92 Å². The fraction of sp³-hybridized carbons (Fsp3) is 0.611. The maximum Gasteiger partial charge on any atom is 0.337 e. The Labute approximate surface area is 132 Å². The van der Waals surface area contributed by atoms with E-state index in [9.17, 15) is 4.79 Å². The average molecular weight is 303 g/mol.